The van der Waals surface area contributed by atoms with Crippen LogP contribution in [0.25, 0.3) is 0 Å². The lowest BCUT2D eigenvalue weighted by Crippen LogP contribution is -2.07. The number of nitrogens with zero attached hydrogens (tertiary/aromatic N) is 1. The van der Waals surface area contributed by atoms with Crippen molar-refractivity contribution in [1.29, 1.82) is 0 Å². The van der Waals surface area contributed by atoms with Gasteiger partial charge in [-0.3, -0.25) is 4.99 Å². The number of thioether (sulfide) groups is 1. The molecule has 74 valence electrons. The van der Waals surface area contributed by atoms with Crippen molar-refractivity contribution in [3.8, 4) is 0 Å². The van der Waals surface area contributed by atoms with Gasteiger partial charge in [0.05, 0.1) is 11.3 Å². The molecular formula is C10H13NOSSi. The highest BCUT2D eigenvalue weighted by Crippen LogP contribution is 2.11. The zero-order valence-electron chi connectivity index (χ0n) is 7.98. The molecule has 1 aromatic carbocycles. The monoisotopic (exact) mass is 223 g/mol. The minimum atomic E-state index is -0.543. The summed E-state index contributed by atoms with van der Waals surface area (Å²) in [6, 6.07) is 10.3. The van der Waals surface area contributed by atoms with Crippen LogP contribution in [0.1, 0.15) is 5.56 Å². The molecule has 2 rings (SSSR count). The minimum absolute atomic E-state index is 0.543. The van der Waals surface area contributed by atoms with E-state index in [0.29, 0.717) is 0 Å². The van der Waals surface area contributed by atoms with Crippen LogP contribution in [0.2, 0.25) is 0 Å². The van der Waals surface area contributed by atoms with Gasteiger partial charge in [0.2, 0.25) is 9.76 Å². The first-order valence-corrected chi connectivity index (χ1v) is 7.00. The van der Waals surface area contributed by atoms with Gasteiger partial charge in [-0.1, -0.05) is 30.3 Å². The maximum Gasteiger partial charge on any atom is 0.220 e. The number of hydrogen-bond donors (Lipinski definition) is 0. The Bertz CT molecular complexity index is 315. The number of rotatable bonds is 4. The lowest BCUT2D eigenvalue weighted by Gasteiger charge is -2.02. The van der Waals surface area contributed by atoms with E-state index >= 15 is 0 Å². The van der Waals surface area contributed by atoms with E-state index in [2.05, 4.69) is 17.1 Å². The highest BCUT2D eigenvalue weighted by molar-refractivity contribution is 8.17. The third kappa shape index (κ3) is 2.97. The SMILES string of the molecule is c1ccc(CO[SiH2]C2=NCCS2)cc1. The Morgan fingerprint density at radius 1 is 1.36 bits per heavy atom. The van der Waals surface area contributed by atoms with Crippen molar-refractivity contribution in [3.63, 3.8) is 0 Å². The zero-order valence-corrected chi connectivity index (χ0v) is 10.2. The van der Waals surface area contributed by atoms with Gasteiger partial charge in [0, 0.05) is 12.3 Å². The summed E-state index contributed by atoms with van der Waals surface area (Å²) in [6.45, 7) is 1.73. The van der Waals surface area contributed by atoms with E-state index < -0.39 is 9.76 Å². The number of benzene rings is 1. The van der Waals surface area contributed by atoms with Crippen LogP contribution in [0.3, 0.4) is 0 Å². The normalized spacial score (nSPS) is 16.4. The third-order valence-corrected chi connectivity index (χ3v) is 4.68. The summed E-state index contributed by atoms with van der Waals surface area (Å²) in [5, 5.41) is 0. The predicted molar refractivity (Wildman–Crippen MR) is 64.5 cm³/mol. The Balaban J connectivity index is 1.73. The molecule has 0 atom stereocenters. The zero-order chi connectivity index (χ0) is 9.64. The second-order valence-electron chi connectivity index (χ2n) is 3.10. The fourth-order valence-corrected chi connectivity index (χ4v) is 3.68. The van der Waals surface area contributed by atoms with Crippen molar-refractivity contribution in [3.05, 3.63) is 35.9 Å². The fourth-order valence-electron chi connectivity index (χ4n) is 1.30. The van der Waals surface area contributed by atoms with Crippen LogP contribution in [-0.4, -0.2) is 26.7 Å². The van der Waals surface area contributed by atoms with Gasteiger partial charge in [0.25, 0.3) is 0 Å². The molecule has 14 heavy (non-hydrogen) atoms. The standard InChI is InChI=1S/C10H13NOSSi/c1-2-4-9(5-3-1)8-12-14-10-11-6-7-13-10/h1-5H,6-8,14H2. The first-order chi connectivity index (χ1) is 6.95. The van der Waals surface area contributed by atoms with Crippen molar-refractivity contribution in [2.45, 2.75) is 6.61 Å². The maximum atomic E-state index is 5.69. The van der Waals surface area contributed by atoms with Crippen LogP contribution in [0, 0.1) is 0 Å². The Labute approximate surface area is 90.7 Å². The largest absolute Gasteiger partial charge is 0.412 e. The fraction of sp³-hybridized carbons (Fsp3) is 0.300. The molecule has 0 saturated carbocycles. The second-order valence-corrected chi connectivity index (χ2v) is 6.15. The molecular weight excluding hydrogens is 210 g/mol. The average Bonchev–Trinajstić information content (AvgIpc) is 2.72. The van der Waals surface area contributed by atoms with E-state index in [1.54, 1.807) is 0 Å². The molecule has 0 spiro atoms. The Morgan fingerprint density at radius 2 is 2.21 bits per heavy atom. The summed E-state index contributed by atoms with van der Waals surface area (Å²) >= 11 is 1.86. The molecule has 0 N–H and O–H groups in total. The van der Waals surface area contributed by atoms with Crippen LogP contribution in [0.5, 0.6) is 0 Å². The van der Waals surface area contributed by atoms with Crippen molar-refractivity contribution in [2.75, 3.05) is 12.3 Å². The summed E-state index contributed by atoms with van der Waals surface area (Å²) in [6.07, 6.45) is 0. The second kappa shape index (κ2) is 5.34. The smallest absolute Gasteiger partial charge is 0.220 e. The number of aliphatic imine (C=N–C) groups is 1. The molecule has 0 bridgehead atoms. The van der Waals surface area contributed by atoms with Gasteiger partial charge in [-0.15, -0.1) is 11.8 Å². The first-order valence-electron chi connectivity index (χ1n) is 4.73. The average molecular weight is 223 g/mol. The Morgan fingerprint density at radius 3 is 2.93 bits per heavy atom. The van der Waals surface area contributed by atoms with E-state index in [0.717, 1.165) is 18.9 Å². The van der Waals surface area contributed by atoms with Crippen LogP contribution in [-0.2, 0) is 11.0 Å². The van der Waals surface area contributed by atoms with Crippen LogP contribution in [0.4, 0.5) is 0 Å². The topological polar surface area (TPSA) is 21.6 Å². The van der Waals surface area contributed by atoms with Gasteiger partial charge in [0.15, 0.2) is 0 Å². The van der Waals surface area contributed by atoms with E-state index in [1.807, 2.05) is 30.0 Å². The summed E-state index contributed by atoms with van der Waals surface area (Å²) in [5.74, 6) is 1.15. The third-order valence-electron chi connectivity index (χ3n) is 1.99. The van der Waals surface area contributed by atoms with E-state index in [1.165, 1.54) is 10.2 Å². The molecule has 0 aliphatic carbocycles. The predicted octanol–water partition coefficient (Wildman–Crippen LogP) is 1.39. The van der Waals surface area contributed by atoms with E-state index in [-0.39, 0.29) is 0 Å². The molecule has 0 amide bonds. The maximum absolute atomic E-state index is 5.69. The molecule has 1 aliphatic heterocycles. The van der Waals surface area contributed by atoms with Crippen LogP contribution in [0.15, 0.2) is 35.3 Å². The molecule has 0 fully saturated rings. The summed E-state index contributed by atoms with van der Waals surface area (Å²) in [5.41, 5.74) is 1.25. The van der Waals surface area contributed by atoms with Gasteiger partial charge in [-0.25, -0.2) is 0 Å². The van der Waals surface area contributed by atoms with Crippen molar-refractivity contribution in [2.24, 2.45) is 4.99 Å². The van der Waals surface area contributed by atoms with Crippen molar-refractivity contribution >= 4 is 26.2 Å². The van der Waals surface area contributed by atoms with Gasteiger partial charge in [-0.05, 0) is 5.56 Å². The summed E-state index contributed by atoms with van der Waals surface area (Å²) in [4.78, 5) is 4.38. The molecule has 0 saturated heterocycles. The lowest BCUT2D eigenvalue weighted by atomic mass is 10.2. The van der Waals surface area contributed by atoms with E-state index in [4.69, 9.17) is 4.43 Å². The van der Waals surface area contributed by atoms with Crippen LogP contribution < -0.4 is 0 Å². The van der Waals surface area contributed by atoms with Crippen molar-refractivity contribution in [1.82, 2.24) is 0 Å². The quantitative estimate of drug-likeness (QED) is 0.720. The summed E-state index contributed by atoms with van der Waals surface area (Å²) < 4.78 is 6.97. The molecule has 4 heteroatoms. The first kappa shape index (κ1) is 9.95. The molecule has 0 radical (unpaired) electrons. The lowest BCUT2D eigenvalue weighted by molar-refractivity contribution is 0.332. The van der Waals surface area contributed by atoms with Gasteiger partial charge < -0.3 is 4.43 Å². The highest BCUT2D eigenvalue weighted by atomic mass is 32.2. The molecule has 0 unspecified atom stereocenters. The van der Waals surface area contributed by atoms with Crippen LogP contribution >= 0.6 is 11.8 Å². The molecule has 2 nitrogen and oxygen atoms in total. The molecule has 1 heterocycles. The number of hydrogen-bond acceptors (Lipinski definition) is 3. The minimum Gasteiger partial charge on any atom is -0.412 e. The highest BCUT2D eigenvalue weighted by Gasteiger charge is 2.07. The molecule has 1 aliphatic rings. The van der Waals surface area contributed by atoms with Gasteiger partial charge >= 0.3 is 0 Å². The van der Waals surface area contributed by atoms with Crippen molar-refractivity contribution < 1.29 is 4.43 Å². The molecule has 1 aromatic rings. The summed E-state index contributed by atoms with van der Waals surface area (Å²) in [7, 11) is -0.543. The van der Waals surface area contributed by atoms with Gasteiger partial charge in [-0.2, -0.15) is 0 Å². The Kier molecular flexibility index (Phi) is 3.79. The van der Waals surface area contributed by atoms with Gasteiger partial charge in [0.1, 0.15) is 0 Å². The van der Waals surface area contributed by atoms with E-state index in [9.17, 15) is 0 Å². The molecule has 0 aromatic heterocycles. The Hall–Kier alpha value is -0.583.